The van der Waals surface area contributed by atoms with E-state index < -0.39 is 10.0 Å². The van der Waals surface area contributed by atoms with Crippen molar-refractivity contribution >= 4 is 33.0 Å². The summed E-state index contributed by atoms with van der Waals surface area (Å²) in [5.41, 5.74) is 1.78. The molecule has 7 heteroatoms. The van der Waals surface area contributed by atoms with Gasteiger partial charge in [0.25, 0.3) is 15.9 Å². The molecule has 2 aromatic carbocycles. The molecule has 0 bridgehead atoms. The number of aryl methyl sites for hydroxylation is 1. The monoisotopic (exact) mass is 400 g/mol. The predicted molar refractivity (Wildman–Crippen MR) is 109 cm³/mol. The molecule has 0 saturated heterocycles. The van der Waals surface area contributed by atoms with Gasteiger partial charge in [0, 0.05) is 23.2 Å². The third-order valence-electron chi connectivity index (χ3n) is 3.98. The Morgan fingerprint density at radius 1 is 1.07 bits per heavy atom. The second-order valence-corrected chi connectivity index (χ2v) is 8.96. The minimum Gasteiger partial charge on any atom is -0.337 e. The third-order valence-corrected chi connectivity index (χ3v) is 6.22. The van der Waals surface area contributed by atoms with E-state index in [4.69, 9.17) is 0 Å². The smallest absolute Gasteiger partial charge is 0.261 e. The van der Waals surface area contributed by atoms with Gasteiger partial charge in [-0.1, -0.05) is 24.3 Å². The van der Waals surface area contributed by atoms with Crippen LogP contribution < -0.4 is 4.72 Å². The largest absolute Gasteiger partial charge is 0.337 e. The van der Waals surface area contributed by atoms with Gasteiger partial charge in [0.15, 0.2) is 0 Å². The van der Waals surface area contributed by atoms with Gasteiger partial charge in [0.2, 0.25) is 0 Å². The van der Waals surface area contributed by atoms with Gasteiger partial charge in [-0.05, 0) is 54.3 Å². The van der Waals surface area contributed by atoms with E-state index in [2.05, 4.69) is 4.72 Å². The van der Waals surface area contributed by atoms with E-state index in [0.717, 1.165) is 10.4 Å². The van der Waals surface area contributed by atoms with Gasteiger partial charge in [0.05, 0.1) is 11.4 Å². The predicted octanol–water partition coefficient (Wildman–Crippen LogP) is 4.13. The van der Waals surface area contributed by atoms with Gasteiger partial charge in [-0.25, -0.2) is 8.42 Å². The maximum Gasteiger partial charge on any atom is 0.261 e. The summed E-state index contributed by atoms with van der Waals surface area (Å²) in [6.07, 6.45) is 0. The number of nitrogens with one attached hydrogen (secondary N) is 1. The molecule has 1 heterocycles. The molecule has 0 aliphatic heterocycles. The van der Waals surface area contributed by atoms with E-state index in [0.29, 0.717) is 17.8 Å². The van der Waals surface area contributed by atoms with Crippen molar-refractivity contribution in [3.05, 3.63) is 82.0 Å². The molecule has 5 nitrogen and oxygen atoms in total. The highest BCUT2D eigenvalue weighted by atomic mass is 32.2. The van der Waals surface area contributed by atoms with Gasteiger partial charge in [0.1, 0.15) is 0 Å². The number of sulfonamides is 1. The van der Waals surface area contributed by atoms with Crippen LogP contribution in [0.15, 0.2) is 70.9 Å². The zero-order valence-corrected chi connectivity index (χ0v) is 16.7. The van der Waals surface area contributed by atoms with E-state index >= 15 is 0 Å². The lowest BCUT2D eigenvalue weighted by molar-refractivity contribution is 0.0786. The normalized spacial score (nSPS) is 11.2. The average Bonchev–Trinajstić information content (AvgIpc) is 3.14. The minimum atomic E-state index is -3.78. The molecule has 140 valence electrons. The van der Waals surface area contributed by atoms with Crippen LogP contribution >= 0.6 is 11.3 Å². The van der Waals surface area contributed by atoms with Crippen LogP contribution in [0.4, 0.5) is 5.69 Å². The first-order chi connectivity index (χ1) is 12.8. The summed E-state index contributed by atoms with van der Waals surface area (Å²) in [5, 5.41) is 1.96. The molecule has 0 radical (unpaired) electrons. The van der Waals surface area contributed by atoms with Gasteiger partial charge < -0.3 is 4.90 Å². The fourth-order valence-corrected chi connectivity index (χ4v) is 4.50. The number of anilines is 1. The SMILES string of the molecule is Cc1cccc(NS(=O)(=O)c2cccc(C(=O)N(C)Cc3cccs3)c2)c1. The Hall–Kier alpha value is -2.64. The van der Waals surface area contributed by atoms with Gasteiger partial charge in [-0.3, -0.25) is 9.52 Å². The summed E-state index contributed by atoms with van der Waals surface area (Å²) in [7, 11) is -2.08. The Bertz CT molecular complexity index is 1040. The fourth-order valence-electron chi connectivity index (χ4n) is 2.65. The molecule has 1 aromatic heterocycles. The van der Waals surface area contributed by atoms with Crippen LogP contribution in [0.5, 0.6) is 0 Å². The van der Waals surface area contributed by atoms with Gasteiger partial charge in [-0.15, -0.1) is 11.3 Å². The molecule has 3 rings (SSSR count). The van der Waals surface area contributed by atoms with Gasteiger partial charge in [-0.2, -0.15) is 0 Å². The van der Waals surface area contributed by atoms with Crippen LogP contribution in [-0.2, 0) is 16.6 Å². The van der Waals surface area contributed by atoms with Crippen molar-refractivity contribution in [2.45, 2.75) is 18.4 Å². The fraction of sp³-hybridized carbons (Fsp3) is 0.150. The number of nitrogens with zero attached hydrogens (tertiary/aromatic N) is 1. The second-order valence-electron chi connectivity index (χ2n) is 6.24. The number of carbonyl (C=O) groups excluding carboxylic acids is 1. The van der Waals surface area contributed by atoms with E-state index in [1.807, 2.05) is 30.5 Å². The Morgan fingerprint density at radius 3 is 2.56 bits per heavy atom. The molecule has 27 heavy (non-hydrogen) atoms. The lowest BCUT2D eigenvalue weighted by atomic mass is 10.2. The lowest BCUT2D eigenvalue weighted by Gasteiger charge is -2.17. The minimum absolute atomic E-state index is 0.0550. The van der Waals surface area contributed by atoms with E-state index in [-0.39, 0.29) is 10.8 Å². The third kappa shape index (κ3) is 4.75. The zero-order chi connectivity index (χ0) is 19.4. The Balaban J connectivity index is 1.80. The zero-order valence-electron chi connectivity index (χ0n) is 15.0. The molecular weight excluding hydrogens is 380 g/mol. The topological polar surface area (TPSA) is 66.5 Å². The number of hydrogen-bond acceptors (Lipinski definition) is 4. The first-order valence-electron chi connectivity index (χ1n) is 8.32. The van der Waals surface area contributed by atoms with E-state index in [1.165, 1.54) is 12.1 Å². The van der Waals surface area contributed by atoms with Crippen LogP contribution in [0.1, 0.15) is 20.8 Å². The van der Waals surface area contributed by atoms with Crippen LogP contribution in [0, 0.1) is 6.92 Å². The number of hydrogen-bond donors (Lipinski definition) is 1. The molecule has 0 unspecified atom stereocenters. The Morgan fingerprint density at radius 2 is 1.85 bits per heavy atom. The molecule has 1 amide bonds. The van der Waals surface area contributed by atoms with Crippen molar-refractivity contribution in [1.82, 2.24) is 4.90 Å². The number of benzene rings is 2. The van der Waals surface area contributed by atoms with Crippen LogP contribution in [-0.4, -0.2) is 26.3 Å². The van der Waals surface area contributed by atoms with Crippen LogP contribution in [0.25, 0.3) is 0 Å². The second kappa shape index (κ2) is 7.94. The van der Waals surface area contributed by atoms with Crippen LogP contribution in [0.3, 0.4) is 0 Å². The molecule has 0 spiro atoms. The highest BCUT2D eigenvalue weighted by Crippen LogP contribution is 2.19. The van der Waals surface area contributed by atoms with E-state index in [1.54, 1.807) is 53.6 Å². The first-order valence-corrected chi connectivity index (χ1v) is 10.7. The Labute approximate surface area is 163 Å². The summed E-state index contributed by atoms with van der Waals surface area (Å²) in [5.74, 6) is -0.226. The average molecular weight is 401 g/mol. The molecular formula is C20H20N2O3S2. The Kier molecular flexibility index (Phi) is 5.62. The number of rotatable bonds is 6. The maximum absolute atomic E-state index is 12.7. The van der Waals surface area contributed by atoms with Crippen molar-refractivity contribution in [2.75, 3.05) is 11.8 Å². The number of thiophene rings is 1. The summed E-state index contributed by atoms with van der Waals surface area (Å²) in [6.45, 7) is 2.37. The highest BCUT2D eigenvalue weighted by molar-refractivity contribution is 7.92. The van der Waals surface area contributed by atoms with Gasteiger partial charge >= 0.3 is 0 Å². The highest BCUT2D eigenvalue weighted by Gasteiger charge is 2.18. The first kappa shape index (κ1) is 19.1. The molecule has 0 aliphatic rings. The van der Waals surface area contributed by atoms with Crippen molar-refractivity contribution in [3.63, 3.8) is 0 Å². The summed E-state index contributed by atoms with van der Waals surface area (Å²) in [6, 6.07) is 17.1. The number of carbonyl (C=O) groups is 1. The van der Waals surface area contributed by atoms with Crippen molar-refractivity contribution < 1.29 is 13.2 Å². The molecule has 0 aliphatic carbocycles. The molecule has 0 saturated carbocycles. The summed E-state index contributed by atoms with van der Waals surface area (Å²) in [4.78, 5) is 15.4. The maximum atomic E-state index is 12.7. The summed E-state index contributed by atoms with van der Waals surface area (Å²) >= 11 is 1.57. The molecule has 0 fully saturated rings. The van der Waals surface area contributed by atoms with Crippen molar-refractivity contribution in [3.8, 4) is 0 Å². The standard InChI is InChI=1S/C20H20N2O3S2/c1-15-6-3-8-17(12-15)21-27(24,25)19-10-4-7-16(13-19)20(23)22(2)14-18-9-5-11-26-18/h3-13,21H,14H2,1-2H3. The number of amides is 1. The lowest BCUT2D eigenvalue weighted by Crippen LogP contribution is -2.26. The van der Waals surface area contributed by atoms with Crippen molar-refractivity contribution in [1.29, 1.82) is 0 Å². The quantitative estimate of drug-likeness (QED) is 0.677. The van der Waals surface area contributed by atoms with Crippen molar-refractivity contribution in [2.24, 2.45) is 0 Å². The molecule has 0 atom stereocenters. The molecule has 3 aromatic rings. The van der Waals surface area contributed by atoms with E-state index in [9.17, 15) is 13.2 Å². The summed E-state index contributed by atoms with van der Waals surface area (Å²) < 4.78 is 27.9. The molecule has 1 N–H and O–H groups in total. The van der Waals surface area contributed by atoms with Crippen LogP contribution in [0.2, 0.25) is 0 Å².